The lowest BCUT2D eigenvalue weighted by Crippen LogP contribution is -2.41. The predicted molar refractivity (Wildman–Crippen MR) is 134 cm³/mol. The van der Waals surface area contributed by atoms with Crippen LogP contribution >= 0.6 is 0 Å². The van der Waals surface area contributed by atoms with Crippen LogP contribution in [0, 0.1) is 17.2 Å². The van der Waals surface area contributed by atoms with E-state index < -0.39 is 30.2 Å². The average molecular weight is 493 g/mol. The van der Waals surface area contributed by atoms with Gasteiger partial charge in [-0.15, -0.1) is 0 Å². The molecule has 2 atom stereocenters. The number of nitrogens with one attached hydrogen (secondary N) is 1. The Hall–Kier alpha value is -3.36. The van der Waals surface area contributed by atoms with Gasteiger partial charge in [0.05, 0.1) is 41.9 Å². The third-order valence-electron chi connectivity index (χ3n) is 7.46. The first-order valence-corrected chi connectivity index (χ1v) is 12.1. The topological polar surface area (TPSA) is 141 Å². The lowest BCUT2D eigenvalue weighted by atomic mass is 9.75. The van der Waals surface area contributed by atoms with Gasteiger partial charge in [0.25, 0.3) is 5.91 Å². The molecule has 11 heteroatoms. The predicted octanol–water partition coefficient (Wildman–Crippen LogP) is 3.07. The van der Waals surface area contributed by atoms with E-state index in [4.69, 9.17) is 19.8 Å². The molecule has 1 aromatic carbocycles. The Balaban J connectivity index is 1.70. The molecule has 1 aromatic heterocycles. The second kappa shape index (κ2) is 9.60. The van der Waals surface area contributed by atoms with Crippen molar-refractivity contribution in [1.82, 2.24) is 9.78 Å². The summed E-state index contributed by atoms with van der Waals surface area (Å²) >= 11 is 0. The number of nitrogens with two attached hydrogens (primary N) is 1. The Morgan fingerprint density at radius 3 is 2.47 bits per heavy atom. The van der Waals surface area contributed by atoms with Crippen LogP contribution in [0.3, 0.4) is 0 Å². The van der Waals surface area contributed by atoms with Gasteiger partial charge < -0.3 is 25.1 Å². The maximum atomic E-state index is 12.5. The first-order valence-electron chi connectivity index (χ1n) is 12.1. The molecule has 10 nitrogen and oxygen atoms in total. The molecule has 2 fully saturated rings. The Bertz CT molecular complexity index is 1200. The number of rotatable bonds is 6. The molecule has 190 valence electrons. The number of carbonyl (C=O) groups excluding carboxylic acids is 2. The zero-order valence-electron chi connectivity index (χ0n) is 21.3. The number of carbonyl (C=O) groups is 2. The fraction of sp³-hybridized carbons (Fsp3) is 0.520. The summed E-state index contributed by atoms with van der Waals surface area (Å²) in [6.07, 6.45) is 5.18. The monoisotopic (exact) mass is 493 g/mol. The Kier molecular flexibility index (Phi) is 6.86. The van der Waals surface area contributed by atoms with E-state index >= 15 is 0 Å². The molecule has 2 aliphatic rings. The molecule has 0 spiro atoms. The quantitative estimate of drug-likeness (QED) is 0.462. The van der Waals surface area contributed by atoms with Gasteiger partial charge in [-0.25, -0.2) is 4.79 Å². The standard InChI is InChI=1S/C25H32BN5O5/c1-24(2)25(3,4)36-26(35-24)19-12-16(10-11-17(19)23(33)34-5)29-22-18(21(28)32)14-31(30-22)20-9-7-6-8-15(20)13-27/h10-12,14-15,20H,6-9H2,1-5H3,(H2,28,32)(H,29,30)/t15-,20?/m1/s1. The van der Waals surface area contributed by atoms with Crippen molar-refractivity contribution in [2.24, 2.45) is 11.7 Å². The van der Waals surface area contributed by atoms with Crippen LogP contribution in [0.4, 0.5) is 11.5 Å². The van der Waals surface area contributed by atoms with E-state index in [9.17, 15) is 14.9 Å². The number of esters is 1. The minimum atomic E-state index is -0.808. The summed E-state index contributed by atoms with van der Waals surface area (Å²) in [7, 11) is 0.506. The molecule has 1 saturated carbocycles. The first kappa shape index (κ1) is 25.7. The van der Waals surface area contributed by atoms with Gasteiger partial charge >= 0.3 is 13.1 Å². The van der Waals surface area contributed by atoms with Crippen molar-refractivity contribution >= 4 is 36.0 Å². The van der Waals surface area contributed by atoms with Crippen LogP contribution in [-0.2, 0) is 14.0 Å². The van der Waals surface area contributed by atoms with Gasteiger partial charge in [0.15, 0.2) is 5.82 Å². The highest BCUT2D eigenvalue weighted by Gasteiger charge is 2.52. The summed E-state index contributed by atoms with van der Waals surface area (Å²) in [6.45, 7) is 7.72. The highest BCUT2D eigenvalue weighted by atomic mass is 16.7. The molecule has 2 aromatic rings. The van der Waals surface area contributed by atoms with E-state index in [1.807, 2.05) is 27.7 Å². The number of hydrogen-bond donors (Lipinski definition) is 2. The lowest BCUT2D eigenvalue weighted by molar-refractivity contribution is 0.00578. The van der Waals surface area contributed by atoms with Crippen molar-refractivity contribution < 1.29 is 23.6 Å². The van der Waals surface area contributed by atoms with Gasteiger partial charge in [0.2, 0.25) is 0 Å². The summed E-state index contributed by atoms with van der Waals surface area (Å²) < 4.78 is 19.0. The Morgan fingerprint density at radius 2 is 1.86 bits per heavy atom. The van der Waals surface area contributed by atoms with Crippen LogP contribution in [-0.4, -0.2) is 47.1 Å². The number of hydrogen-bond acceptors (Lipinski definition) is 8. The van der Waals surface area contributed by atoms with Crippen molar-refractivity contribution in [3.63, 3.8) is 0 Å². The molecule has 2 heterocycles. The summed E-state index contributed by atoms with van der Waals surface area (Å²) in [4.78, 5) is 24.7. The van der Waals surface area contributed by atoms with Crippen molar-refractivity contribution in [3.05, 3.63) is 35.5 Å². The first-order chi connectivity index (χ1) is 17.0. The van der Waals surface area contributed by atoms with Crippen LogP contribution in [0.5, 0.6) is 0 Å². The van der Waals surface area contributed by atoms with Crippen molar-refractivity contribution in [1.29, 1.82) is 5.26 Å². The second-order valence-electron chi connectivity index (χ2n) is 10.3. The number of methoxy groups -OCH3 is 1. The molecule has 1 aliphatic carbocycles. The van der Waals surface area contributed by atoms with E-state index in [-0.39, 0.29) is 23.3 Å². The number of primary amides is 1. The average Bonchev–Trinajstić information content (AvgIpc) is 3.35. The van der Waals surface area contributed by atoms with Gasteiger partial charge in [-0.3, -0.25) is 9.48 Å². The number of nitrogens with zero attached hydrogens (tertiary/aromatic N) is 3. The van der Waals surface area contributed by atoms with E-state index in [0.717, 1.165) is 25.7 Å². The molecule has 1 amide bonds. The highest BCUT2D eigenvalue weighted by molar-refractivity contribution is 6.63. The van der Waals surface area contributed by atoms with Gasteiger partial charge in [-0.2, -0.15) is 10.4 Å². The minimum Gasteiger partial charge on any atom is -0.465 e. The molecule has 1 saturated heterocycles. The van der Waals surface area contributed by atoms with Crippen LogP contribution in [0.25, 0.3) is 0 Å². The van der Waals surface area contributed by atoms with Crippen molar-refractivity contribution in [2.45, 2.75) is 70.6 Å². The zero-order chi connectivity index (χ0) is 26.3. The SMILES string of the molecule is COC(=O)c1ccc(Nc2nn(C3CCCC[C@@H]3C#N)cc2C(N)=O)cc1B1OC(C)(C)C(C)(C)O1. The molecule has 3 N–H and O–H groups in total. The van der Waals surface area contributed by atoms with Crippen molar-refractivity contribution in [2.75, 3.05) is 12.4 Å². The summed E-state index contributed by atoms with van der Waals surface area (Å²) in [5.41, 5.74) is 6.00. The molecular weight excluding hydrogens is 461 g/mol. The molecule has 0 bridgehead atoms. The fourth-order valence-corrected chi connectivity index (χ4v) is 4.65. The molecule has 4 rings (SSSR count). The fourth-order valence-electron chi connectivity index (χ4n) is 4.65. The number of amides is 1. The van der Waals surface area contributed by atoms with E-state index in [1.165, 1.54) is 7.11 Å². The Labute approximate surface area is 211 Å². The van der Waals surface area contributed by atoms with Gasteiger partial charge in [0.1, 0.15) is 5.56 Å². The molecule has 0 radical (unpaired) electrons. The van der Waals surface area contributed by atoms with Crippen LogP contribution in [0.1, 0.15) is 80.1 Å². The third kappa shape index (κ3) is 4.71. The number of benzene rings is 1. The van der Waals surface area contributed by atoms with Crippen LogP contribution in [0.2, 0.25) is 0 Å². The van der Waals surface area contributed by atoms with Crippen molar-refractivity contribution in [3.8, 4) is 6.07 Å². The molecule has 36 heavy (non-hydrogen) atoms. The smallest absolute Gasteiger partial charge is 0.465 e. The summed E-state index contributed by atoms with van der Waals surface area (Å²) in [5.74, 6) is -1.06. The maximum absolute atomic E-state index is 12.5. The summed E-state index contributed by atoms with van der Waals surface area (Å²) in [5, 5.41) is 17.3. The van der Waals surface area contributed by atoms with Gasteiger partial charge in [0, 0.05) is 11.9 Å². The normalized spacial score (nSPS) is 22.6. The number of nitriles is 1. The van der Waals surface area contributed by atoms with Crippen LogP contribution < -0.4 is 16.5 Å². The van der Waals surface area contributed by atoms with E-state index in [0.29, 0.717) is 16.7 Å². The van der Waals surface area contributed by atoms with E-state index in [1.54, 1.807) is 29.1 Å². The largest absolute Gasteiger partial charge is 0.495 e. The molecule has 1 aliphatic heterocycles. The zero-order valence-corrected chi connectivity index (χ0v) is 21.3. The summed E-state index contributed by atoms with van der Waals surface area (Å²) in [6, 6.07) is 7.26. The van der Waals surface area contributed by atoms with Crippen LogP contribution in [0.15, 0.2) is 24.4 Å². The molecule has 1 unspecified atom stereocenters. The lowest BCUT2D eigenvalue weighted by Gasteiger charge is -2.32. The second-order valence-corrected chi connectivity index (χ2v) is 10.3. The van der Waals surface area contributed by atoms with E-state index in [2.05, 4.69) is 16.5 Å². The molecular formula is C25H32BN5O5. The number of ether oxygens (including phenoxy) is 1. The van der Waals surface area contributed by atoms with Gasteiger partial charge in [-0.05, 0) is 64.2 Å². The Morgan fingerprint density at radius 1 is 1.19 bits per heavy atom. The number of anilines is 2. The van der Waals surface area contributed by atoms with Gasteiger partial charge in [-0.1, -0.05) is 12.8 Å². The third-order valence-corrected chi connectivity index (χ3v) is 7.46. The highest BCUT2D eigenvalue weighted by Crippen LogP contribution is 2.37. The minimum absolute atomic E-state index is 0.126. The number of aromatic nitrogens is 2. The maximum Gasteiger partial charge on any atom is 0.495 e.